The van der Waals surface area contributed by atoms with Crippen LogP contribution in [0.15, 0.2) is 84.9 Å². The van der Waals surface area contributed by atoms with Gasteiger partial charge in [0.25, 0.3) is 0 Å². The smallest absolute Gasteiger partial charge is 0.123 e. The van der Waals surface area contributed by atoms with Gasteiger partial charge in [0.1, 0.15) is 11.6 Å². The molecule has 0 aliphatic heterocycles. The standard InChI is InChI=1S/C26H25F2N/c1-18(2)20-7-4-9-23(15-20)26(29)17-22(21-8-5-11-25(28)16-21)13-12-19-6-3-10-24(27)14-19/h3-11,13-18H,12,29H2,1-2H3/b22-13+,26-17-. The highest BCUT2D eigenvalue weighted by molar-refractivity contribution is 5.83. The summed E-state index contributed by atoms with van der Waals surface area (Å²) in [6.45, 7) is 4.27. The van der Waals surface area contributed by atoms with Gasteiger partial charge in [-0.2, -0.15) is 0 Å². The van der Waals surface area contributed by atoms with Crippen molar-refractivity contribution in [3.63, 3.8) is 0 Å². The molecule has 29 heavy (non-hydrogen) atoms. The quantitative estimate of drug-likeness (QED) is 0.466. The lowest BCUT2D eigenvalue weighted by Gasteiger charge is -2.10. The Kier molecular flexibility index (Phi) is 6.61. The molecule has 0 aromatic heterocycles. The number of rotatable bonds is 6. The molecule has 0 aliphatic rings. The average molecular weight is 389 g/mol. The van der Waals surface area contributed by atoms with Crippen LogP contribution in [0.5, 0.6) is 0 Å². The number of hydrogen-bond donors (Lipinski definition) is 1. The molecule has 0 bridgehead atoms. The highest BCUT2D eigenvalue weighted by Gasteiger charge is 2.06. The van der Waals surface area contributed by atoms with Gasteiger partial charge in [0.2, 0.25) is 0 Å². The maximum absolute atomic E-state index is 13.8. The van der Waals surface area contributed by atoms with E-state index in [0.717, 1.165) is 22.3 Å². The van der Waals surface area contributed by atoms with Gasteiger partial charge < -0.3 is 5.73 Å². The van der Waals surface area contributed by atoms with Gasteiger partial charge >= 0.3 is 0 Å². The molecular weight excluding hydrogens is 364 g/mol. The van der Waals surface area contributed by atoms with Crippen LogP contribution >= 0.6 is 0 Å². The maximum Gasteiger partial charge on any atom is 0.123 e. The van der Waals surface area contributed by atoms with Gasteiger partial charge in [-0.25, -0.2) is 8.78 Å². The van der Waals surface area contributed by atoms with Crippen LogP contribution in [0.4, 0.5) is 8.78 Å². The summed E-state index contributed by atoms with van der Waals surface area (Å²) in [6, 6.07) is 21.0. The second kappa shape index (κ2) is 9.33. The number of allylic oxidation sites excluding steroid dienone is 3. The van der Waals surface area contributed by atoms with Crippen molar-refractivity contribution in [2.75, 3.05) is 0 Å². The summed E-state index contributed by atoms with van der Waals surface area (Å²) in [5, 5.41) is 0. The van der Waals surface area contributed by atoms with Crippen LogP contribution in [0, 0.1) is 11.6 Å². The van der Waals surface area contributed by atoms with Crippen molar-refractivity contribution in [2.24, 2.45) is 5.73 Å². The highest BCUT2D eigenvalue weighted by Crippen LogP contribution is 2.24. The number of nitrogens with two attached hydrogens (primary N) is 1. The van der Waals surface area contributed by atoms with E-state index in [0.29, 0.717) is 18.0 Å². The van der Waals surface area contributed by atoms with Crippen LogP contribution in [0.2, 0.25) is 0 Å². The van der Waals surface area contributed by atoms with E-state index in [-0.39, 0.29) is 11.6 Å². The van der Waals surface area contributed by atoms with Crippen LogP contribution < -0.4 is 5.73 Å². The lowest BCUT2D eigenvalue weighted by atomic mass is 9.97. The number of benzene rings is 3. The third-order valence-electron chi connectivity index (χ3n) is 4.80. The van der Waals surface area contributed by atoms with Gasteiger partial charge in [-0.05, 0) is 76.6 Å². The lowest BCUT2D eigenvalue weighted by Crippen LogP contribution is -1.99. The first-order valence-electron chi connectivity index (χ1n) is 9.70. The van der Waals surface area contributed by atoms with E-state index in [1.54, 1.807) is 12.1 Å². The molecule has 0 heterocycles. The summed E-state index contributed by atoms with van der Waals surface area (Å²) in [5.41, 5.74) is 11.5. The van der Waals surface area contributed by atoms with Crippen molar-refractivity contribution >= 4 is 11.3 Å². The van der Waals surface area contributed by atoms with E-state index in [2.05, 4.69) is 26.0 Å². The van der Waals surface area contributed by atoms with Gasteiger partial charge in [-0.3, -0.25) is 0 Å². The molecule has 3 heteroatoms. The molecule has 0 saturated heterocycles. The zero-order valence-corrected chi connectivity index (χ0v) is 16.7. The van der Waals surface area contributed by atoms with Crippen molar-refractivity contribution in [3.8, 4) is 0 Å². The third kappa shape index (κ3) is 5.64. The largest absolute Gasteiger partial charge is 0.398 e. The first kappa shape index (κ1) is 20.5. The minimum absolute atomic E-state index is 0.274. The summed E-state index contributed by atoms with van der Waals surface area (Å²) < 4.78 is 27.3. The monoisotopic (exact) mass is 389 g/mol. The Balaban J connectivity index is 1.99. The predicted molar refractivity (Wildman–Crippen MR) is 117 cm³/mol. The fourth-order valence-electron chi connectivity index (χ4n) is 3.15. The molecule has 0 spiro atoms. The summed E-state index contributed by atoms with van der Waals surface area (Å²) in [7, 11) is 0. The number of halogens is 2. The molecule has 148 valence electrons. The van der Waals surface area contributed by atoms with Gasteiger partial charge in [-0.1, -0.05) is 62.4 Å². The van der Waals surface area contributed by atoms with E-state index in [1.807, 2.05) is 36.4 Å². The zero-order valence-electron chi connectivity index (χ0n) is 16.7. The first-order valence-corrected chi connectivity index (χ1v) is 9.70. The minimum atomic E-state index is -0.312. The molecule has 0 atom stereocenters. The van der Waals surface area contributed by atoms with Crippen molar-refractivity contribution < 1.29 is 8.78 Å². The molecule has 0 unspecified atom stereocenters. The Hall–Kier alpha value is -3.20. The minimum Gasteiger partial charge on any atom is -0.398 e. The predicted octanol–water partition coefficient (Wildman–Crippen LogP) is 6.71. The fourth-order valence-corrected chi connectivity index (χ4v) is 3.15. The summed E-state index contributed by atoms with van der Waals surface area (Å²) in [4.78, 5) is 0. The van der Waals surface area contributed by atoms with Gasteiger partial charge in [0, 0.05) is 5.70 Å². The Bertz CT molecular complexity index is 1050. The van der Waals surface area contributed by atoms with Crippen molar-refractivity contribution in [1.29, 1.82) is 0 Å². The molecule has 3 rings (SSSR count). The third-order valence-corrected chi connectivity index (χ3v) is 4.80. The molecular formula is C26H25F2N. The van der Waals surface area contributed by atoms with Crippen molar-refractivity contribution in [3.05, 3.63) is 119 Å². The molecule has 3 aromatic carbocycles. The number of hydrogen-bond acceptors (Lipinski definition) is 1. The highest BCUT2D eigenvalue weighted by atomic mass is 19.1. The Morgan fingerprint density at radius 2 is 1.52 bits per heavy atom. The molecule has 2 N–H and O–H groups in total. The molecule has 0 aliphatic carbocycles. The lowest BCUT2D eigenvalue weighted by molar-refractivity contribution is 0.626. The fraction of sp³-hybridized carbons (Fsp3) is 0.154. The van der Waals surface area contributed by atoms with E-state index in [1.165, 1.54) is 29.8 Å². The van der Waals surface area contributed by atoms with Crippen LogP contribution in [-0.4, -0.2) is 0 Å². The molecule has 0 fully saturated rings. The SMILES string of the molecule is CC(C)c1cccc(/C(N)=C/C(=C\Cc2cccc(F)c2)c2cccc(F)c2)c1. The second-order valence-electron chi connectivity index (χ2n) is 7.38. The topological polar surface area (TPSA) is 26.0 Å². The molecule has 1 nitrogen and oxygen atoms in total. The van der Waals surface area contributed by atoms with Gasteiger partial charge in [-0.15, -0.1) is 0 Å². The van der Waals surface area contributed by atoms with Crippen molar-refractivity contribution in [2.45, 2.75) is 26.2 Å². The van der Waals surface area contributed by atoms with Gasteiger partial charge in [0.15, 0.2) is 0 Å². The van der Waals surface area contributed by atoms with E-state index in [4.69, 9.17) is 5.73 Å². The van der Waals surface area contributed by atoms with Gasteiger partial charge in [0.05, 0.1) is 0 Å². The van der Waals surface area contributed by atoms with E-state index < -0.39 is 0 Å². The Morgan fingerprint density at radius 1 is 0.862 bits per heavy atom. The van der Waals surface area contributed by atoms with Crippen LogP contribution in [0.1, 0.15) is 42.0 Å². The van der Waals surface area contributed by atoms with E-state index in [9.17, 15) is 8.78 Å². The molecule has 0 amide bonds. The summed E-state index contributed by atoms with van der Waals surface area (Å²) in [6.07, 6.45) is 4.32. The second-order valence-corrected chi connectivity index (χ2v) is 7.38. The van der Waals surface area contributed by atoms with Crippen molar-refractivity contribution in [1.82, 2.24) is 0 Å². The zero-order chi connectivity index (χ0) is 20.8. The Morgan fingerprint density at radius 3 is 2.21 bits per heavy atom. The summed E-state index contributed by atoms with van der Waals surface area (Å²) >= 11 is 0. The first-order chi connectivity index (χ1) is 13.9. The van der Waals surface area contributed by atoms with Crippen LogP contribution in [-0.2, 0) is 6.42 Å². The summed E-state index contributed by atoms with van der Waals surface area (Å²) in [5.74, 6) is -0.189. The van der Waals surface area contributed by atoms with Crippen LogP contribution in [0.25, 0.3) is 11.3 Å². The molecule has 0 radical (unpaired) electrons. The van der Waals surface area contributed by atoms with Crippen LogP contribution in [0.3, 0.4) is 0 Å². The molecule has 0 saturated carbocycles. The maximum atomic E-state index is 13.8. The average Bonchev–Trinajstić information content (AvgIpc) is 2.71. The molecule has 3 aromatic rings. The normalized spacial score (nSPS) is 12.4. The van der Waals surface area contributed by atoms with E-state index >= 15 is 0 Å². The Labute approximate surface area is 171 Å².